The fourth-order valence-corrected chi connectivity index (χ4v) is 1.17. The summed E-state index contributed by atoms with van der Waals surface area (Å²) in [5.74, 6) is 0. The average molecular weight is 234 g/mol. The van der Waals surface area contributed by atoms with Crippen LogP contribution in [0.25, 0.3) is 11.0 Å². The van der Waals surface area contributed by atoms with Crippen LogP contribution in [-0.2, 0) is 39.1 Å². The molecule has 2 aromatic rings. The van der Waals surface area contributed by atoms with Crippen LogP contribution in [0.4, 0.5) is 0 Å². The van der Waals surface area contributed by atoms with E-state index in [4.69, 9.17) is 4.42 Å². The Morgan fingerprint density at radius 1 is 1.25 bits per heavy atom. The summed E-state index contributed by atoms with van der Waals surface area (Å²) in [6.45, 7) is 3.82. The second kappa shape index (κ2) is 4.20. The summed E-state index contributed by atoms with van der Waals surface area (Å²) in [4.78, 5) is 0. The molecule has 0 fully saturated rings. The van der Waals surface area contributed by atoms with Crippen LogP contribution in [0.1, 0.15) is 5.56 Å². The molecule has 1 radical (unpaired) electrons. The van der Waals surface area contributed by atoms with Gasteiger partial charge in [-0.3, -0.25) is 0 Å². The topological polar surface area (TPSA) is 13.1 Å². The standard InChI is InChI=1S/C10H9O.Y/c1-2-8-3-4-10-9(7-8)5-6-11-10;/h3-7H,1-2H2;/q-1;. The zero-order valence-electron chi connectivity index (χ0n) is 6.79. The fraction of sp³-hybridized carbons (Fsp3) is 0.100. The van der Waals surface area contributed by atoms with Gasteiger partial charge in [0.15, 0.2) is 0 Å². The third-order valence-electron chi connectivity index (χ3n) is 1.81. The van der Waals surface area contributed by atoms with Crippen LogP contribution in [0.2, 0.25) is 0 Å². The minimum atomic E-state index is 0. The summed E-state index contributed by atoms with van der Waals surface area (Å²) in [5.41, 5.74) is 2.20. The van der Waals surface area contributed by atoms with Crippen molar-refractivity contribution in [3.8, 4) is 0 Å². The molecule has 0 saturated heterocycles. The number of rotatable bonds is 1. The molecule has 0 bridgehead atoms. The molecule has 1 nitrogen and oxygen atoms in total. The van der Waals surface area contributed by atoms with Gasteiger partial charge in [-0.15, -0.1) is 0 Å². The molecule has 0 unspecified atom stereocenters. The van der Waals surface area contributed by atoms with Gasteiger partial charge in [0, 0.05) is 38.1 Å². The molecule has 1 aromatic heterocycles. The van der Waals surface area contributed by atoms with Crippen molar-refractivity contribution in [2.75, 3.05) is 0 Å². The third kappa shape index (κ3) is 1.78. The predicted octanol–water partition coefficient (Wildman–Crippen LogP) is 2.81. The first kappa shape index (κ1) is 9.95. The third-order valence-corrected chi connectivity index (χ3v) is 1.81. The van der Waals surface area contributed by atoms with Gasteiger partial charge < -0.3 is 11.3 Å². The molecule has 0 aliphatic heterocycles. The maximum atomic E-state index is 5.20. The molecule has 0 spiro atoms. The Hall–Kier alpha value is -0.136. The van der Waals surface area contributed by atoms with Crippen LogP contribution < -0.4 is 0 Å². The Balaban J connectivity index is 0.000000720. The van der Waals surface area contributed by atoms with Crippen molar-refractivity contribution in [3.05, 3.63) is 43.0 Å². The van der Waals surface area contributed by atoms with Crippen molar-refractivity contribution in [1.82, 2.24) is 0 Å². The van der Waals surface area contributed by atoms with E-state index < -0.39 is 0 Å². The predicted molar refractivity (Wildman–Crippen MR) is 45.3 cm³/mol. The molecule has 12 heavy (non-hydrogen) atoms. The molecule has 59 valence electrons. The molecular formula is C10H9OY-. The molecule has 1 aromatic carbocycles. The second-order valence-electron chi connectivity index (χ2n) is 2.54. The Morgan fingerprint density at radius 2 is 2.08 bits per heavy atom. The fourth-order valence-electron chi connectivity index (χ4n) is 1.17. The van der Waals surface area contributed by atoms with E-state index in [-0.39, 0.29) is 32.7 Å². The van der Waals surface area contributed by atoms with Gasteiger partial charge in [-0.2, -0.15) is 6.42 Å². The van der Waals surface area contributed by atoms with Crippen LogP contribution in [-0.4, -0.2) is 0 Å². The van der Waals surface area contributed by atoms with Crippen LogP contribution in [0.15, 0.2) is 34.9 Å². The van der Waals surface area contributed by atoms with Gasteiger partial charge >= 0.3 is 0 Å². The van der Waals surface area contributed by atoms with Crippen molar-refractivity contribution >= 4 is 11.0 Å². The molecule has 0 amide bonds. The monoisotopic (exact) mass is 234 g/mol. The molecule has 2 heteroatoms. The summed E-state index contributed by atoms with van der Waals surface area (Å²) >= 11 is 0. The van der Waals surface area contributed by atoms with Gasteiger partial charge in [0.2, 0.25) is 0 Å². The summed E-state index contributed by atoms with van der Waals surface area (Å²) < 4.78 is 5.20. The van der Waals surface area contributed by atoms with E-state index in [0.717, 1.165) is 17.4 Å². The number of hydrogen-bond acceptors (Lipinski definition) is 1. The van der Waals surface area contributed by atoms with E-state index in [0.29, 0.717) is 0 Å². The number of furan rings is 1. The van der Waals surface area contributed by atoms with Gasteiger partial charge in [0.1, 0.15) is 5.58 Å². The van der Waals surface area contributed by atoms with Crippen molar-refractivity contribution in [3.63, 3.8) is 0 Å². The summed E-state index contributed by atoms with van der Waals surface area (Å²) in [6, 6.07) is 8.09. The number of fused-ring (bicyclic) bond motifs is 1. The minimum absolute atomic E-state index is 0. The molecular weight excluding hydrogens is 225 g/mol. The van der Waals surface area contributed by atoms with E-state index in [1.165, 1.54) is 5.56 Å². The SMILES string of the molecule is [CH2-]Cc1ccc2occc2c1.[Y]. The summed E-state index contributed by atoms with van der Waals surface area (Å²) in [6.07, 6.45) is 2.54. The molecule has 2 rings (SSSR count). The summed E-state index contributed by atoms with van der Waals surface area (Å²) in [7, 11) is 0. The zero-order chi connectivity index (χ0) is 7.68. The van der Waals surface area contributed by atoms with E-state index in [2.05, 4.69) is 13.0 Å². The maximum absolute atomic E-state index is 5.20. The van der Waals surface area contributed by atoms with Crippen LogP contribution in [0.3, 0.4) is 0 Å². The van der Waals surface area contributed by atoms with Crippen LogP contribution >= 0.6 is 0 Å². The van der Waals surface area contributed by atoms with Crippen molar-refractivity contribution in [2.45, 2.75) is 6.42 Å². The largest absolute Gasteiger partial charge is 0.464 e. The van der Waals surface area contributed by atoms with Crippen molar-refractivity contribution < 1.29 is 37.1 Å². The molecule has 0 aliphatic rings. The summed E-state index contributed by atoms with van der Waals surface area (Å²) in [5, 5.41) is 1.16. The van der Waals surface area contributed by atoms with Gasteiger partial charge in [-0.05, 0) is 12.1 Å². The quantitative estimate of drug-likeness (QED) is 0.691. The van der Waals surface area contributed by atoms with Crippen LogP contribution in [0.5, 0.6) is 0 Å². The molecule has 0 saturated carbocycles. The Morgan fingerprint density at radius 3 is 2.83 bits per heavy atom. The molecule has 0 atom stereocenters. The van der Waals surface area contributed by atoms with E-state index >= 15 is 0 Å². The van der Waals surface area contributed by atoms with Crippen molar-refractivity contribution in [2.24, 2.45) is 0 Å². The van der Waals surface area contributed by atoms with Gasteiger partial charge in [-0.25, -0.2) is 0 Å². The zero-order valence-corrected chi connectivity index (χ0v) is 9.62. The first-order chi connectivity index (χ1) is 5.40. The van der Waals surface area contributed by atoms with Gasteiger partial charge in [-0.1, -0.05) is 17.7 Å². The van der Waals surface area contributed by atoms with E-state index in [1.54, 1.807) is 6.26 Å². The van der Waals surface area contributed by atoms with Crippen molar-refractivity contribution in [1.29, 1.82) is 0 Å². The van der Waals surface area contributed by atoms with Crippen LogP contribution in [0, 0.1) is 6.92 Å². The molecule has 0 N–H and O–H groups in total. The normalized spacial score (nSPS) is 9.75. The first-order valence-corrected chi connectivity index (χ1v) is 3.65. The Bertz CT molecular complexity index is 365. The average Bonchev–Trinajstić information content (AvgIpc) is 2.50. The van der Waals surface area contributed by atoms with Gasteiger partial charge in [0.05, 0.1) is 6.26 Å². The molecule has 0 aliphatic carbocycles. The second-order valence-corrected chi connectivity index (χ2v) is 2.54. The first-order valence-electron chi connectivity index (χ1n) is 3.65. The number of benzene rings is 1. The smallest absolute Gasteiger partial charge is 0.133 e. The number of hydrogen-bond donors (Lipinski definition) is 0. The van der Waals surface area contributed by atoms with Gasteiger partial charge in [0.25, 0.3) is 0 Å². The van der Waals surface area contributed by atoms with E-state index in [9.17, 15) is 0 Å². The minimum Gasteiger partial charge on any atom is -0.464 e. The molecule has 1 heterocycles. The van der Waals surface area contributed by atoms with E-state index in [1.807, 2.05) is 18.2 Å². The Kier molecular flexibility index (Phi) is 3.48. The Labute approximate surface area is 97.0 Å². The maximum Gasteiger partial charge on any atom is 0.133 e.